The standard InChI is InChI=1S/C11H11NO2S/c1-7(15)6-12-10(13)8-4-2-3-5-9(8)11(12)14/h2-5,7,15H,6H2,1H3. The van der Waals surface area contributed by atoms with Crippen molar-refractivity contribution in [3.05, 3.63) is 35.4 Å². The van der Waals surface area contributed by atoms with Crippen molar-refractivity contribution in [3.8, 4) is 0 Å². The molecule has 1 unspecified atom stereocenters. The Kier molecular flexibility index (Phi) is 2.52. The van der Waals surface area contributed by atoms with Gasteiger partial charge in [0.15, 0.2) is 0 Å². The third-order valence-electron chi connectivity index (χ3n) is 2.32. The number of hydrogen-bond acceptors (Lipinski definition) is 3. The van der Waals surface area contributed by atoms with Gasteiger partial charge in [-0.2, -0.15) is 12.6 Å². The van der Waals surface area contributed by atoms with Gasteiger partial charge in [-0.05, 0) is 12.1 Å². The molecular weight excluding hydrogens is 210 g/mol. The molecule has 0 saturated heterocycles. The largest absolute Gasteiger partial charge is 0.273 e. The quantitative estimate of drug-likeness (QED) is 0.608. The van der Waals surface area contributed by atoms with Gasteiger partial charge < -0.3 is 0 Å². The van der Waals surface area contributed by atoms with Crippen LogP contribution in [0.3, 0.4) is 0 Å². The molecule has 1 aromatic carbocycles. The van der Waals surface area contributed by atoms with Gasteiger partial charge in [-0.25, -0.2) is 0 Å². The maximum atomic E-state index is 11.8. The molecule has 78 valence electrons. The molecule has 1 aliphatic heterocycles. The van der Waals surface area contributed by atoms with E-state index in [1.807, 2.05) is 6.92 Å². The third-order valence-corrected chi connectivity index (χ3v) is 2.49. The number of rotatable bonds is 2. The van der Waals surface area contributed by atoms with Crippen molar-refractivity contribution >= 4 is 24.4 Å². The fraction of sp³-hybridized carbons (Fsp3) is 0.273. The van der Waals surface area contributed by atoms with Gasteiger partial charge in [0.05, 0.1) is 11.1 Å². The minimum Gasteiger partial charge on any atom is -0.273 e. The molecule has 1 aliphatic rings. The maximum absolute atomic E-state index is 11.8. The minimum atomic E-state index is -0.212. The van der Waals surface area contributed by atoms with Crippen molar-refractivity contribution in [2.45, 2.75) is 12.2 Å². The van der Waals surface area contributed by atoms with Gasteiger partial charge in [-0.3, -0.25) is 14.5 Å². The highest BCUT2D eigenvalue weighted by Gasteiger charge is 2.35. The van der Waals surface area contributed by atoms with Gasteiger partial charge in [-0.1, -0.05) is 19.1 Å². The average molecular weight is 221 g/mol. The molecule has 4 heteroatoms. The van der Waals surface area contributed by atoms with E-state index in [4.69, 9.17) is 0 Å². The Morgan fingerprint density at radius 1 is 1.20 bits per heavy atom. The monoisotopic (exact) mass is 221 g/mol. The van der Waals surface area contributed by atoms with Crippen LogP contribution in [-0.2, 0) is 0 Å². The van der Waals surface area contributed by atoms with Crippen LogP contribution in [0.5, 0.6) is 0 Å². The Balaban J connectivity index is 2.37. The predicted octanol–water partition coefficient (Wildman–Crippen LogP) is 1.60. The predicted molar refractivity (Wildman–Crippen MR) is 60.3 cm³/mol. The molecule has 15 heavy (non-hydrogen) atoms. The lowest BCUT2D eigenvalue weighted by atomic mass is 10.1. The van der Waals surface area contributed by atoms with Crippen molar-refractivity contribution in [2.75, 3.05) is 6.54 Å². The zero-order valence-corrected chi connectivity index (χ0v) is 9.20. The number of nitrogens with zero attached hydrogens (tertiary/aromatic N) is 1. The summed E-state index contributed by atoms with van der Waals surface area (Å²) in [6.45, 7) is 2.21. The molecule has 1 heterocycles. The van der Waals surface area contributed by atoms with E-state index in [2.05, 4.69) is 12.6 Å². The number of hydrogen-bond donors (Lipinski definition) is 1. The lowest BCUT2D eigenvalue weighted by Crippen LogP contribution is -2.34. The van der Waals surface area contributed by atoms with Crippen LogP contribution >= 0.6 is 12.6 Å². The van der Waals surface area contributed by atoms with Gasteiger partial charge in [0.1, 0.15) is 0 Å². The second-order valence-corrected chi connectivity index (χ2v) is 4.50. The third kappa shape index (κ3) is 1.65. The Bertz CT molecular complexity index is 393. The van der Waals surface area contributed by atoms with Crippen molar-refractivity contribution in [1.82, 2.24) is 4.90 Å². The summed E-state index contributed by atoms with van der Waals surface area (Å²) in [5.41, 5.74) is 0.993. The van der Waals surface area contributed by atoms with Crippen molar-refractivity contribution in [2.24, 2.45) is 0 Å². The smallest absolute Gasteiger partial charge is 0.261 e. The second kappa shape index (κ2) is 3.70. The summed E-state index contributed by atoms with van der Waals surface area (Å²) in [6, 6.07) is 6.88. The van der Waals surface area contributed by atoms with E-state index in [1.54, 1.807) is 24.3 Å². The first-order valence-corrected chi connectivity index (χ1v) is 5.26. The number of thiol groups is 1. The second-order valence-electron chi connectivity index (χ2n) is 3.62. The van der Waals surface area contributed by atoms with Crippen LogP contribution in [0.25, 0.3) is 0 Å². The van der Waals surface area contributed by atoms with E-state index in [9.17, 15) is 9.59 Å². The first kappa shape index (κ1) is 10.2. The molecule has 0 bridgehead atoms. The number of benzene rings is 1. The van der Waals surface area contributed by atoms with Gasteiger partial charge in [0, 0.05) is 11.8 Å². The molecule has 2 amide bonds. The van der Waals surface area contributed by atoms with Gasteiger partial charge in [0.25, 0.3) is 11.8 Å². The van der Waals surface area contributed by atoms with Crippen molar-refractivity contribution in [1.29, 1.82) is 0 Å². The number of fused-ring (bicyclic) bond motifs is 1. The fourth-order valence-electron chi connectivity index (χ4n) is 1.67. The van der Waals surface area contributed by atoms with Gasteiger partial charge in [0.2, 0.25) is 0 Å². The molecule has 0 radical (unpaired) electrons. The van der Waals surface area contributed by atoms with E-state index in [-0.39, 0.29) is 17.1 Å². The summed E-state index contributed by atoms with van der Waals surface area (Å²) >= 11 is 4.19. The van der Waals surface area contributed by atoms with E-state index in [1.165, 1.54) is 4.90 Å². The summed E-state index contributed by atoms with van der Waals surface area (Å²) in [5, 5.41) is -0.00721. The molecule has 0 spiro atoms. The molecule has 1 aromatic rings. The Labute approximate surface area is 93.5 Å². The minimum absolute atomic E-state index is 0.00721. The first-order valence-electron chi connectivity index (χ1n) is 4.74. The Morgan fingerprint density at radius 2 is 1.67 bits per heavy atom. The Hall–Kier alpha value is -1.29. The van der Waals surface area contributed by atoms with Crippen LogP contribution in [0.4, 0.5) is 0 Å². The molecule has 1 atom stereocenters. The van der Waals surface area contributed by atoms with Crippen molar-refractivity contribution in [3.63, 3.8) is 0 Å². The van der Waals surface area contributed by atoms with Crippen LogP contribution in [0, 0.1) is 0 Å². The number of carbonyl (C=O) groups is 2. The van der Waals surface area contributed by atoms with E-state index in [0.29, 0.717) is 17.7 Å². The number of amides is 2. The molecule has 0 aromatic heterocycles. The molecule has 3 nitrogen and oxygen atoms in total. The molecular formula is C11H11NO2S. The SMILES string of the molecule is CC(S)CN1C(=O)c2ccccc2C1=O. The van der Waals surface area contributed by atoms with Crippen LogP contribution < -0.4 is 0 Å². The maximum Gasteiger partial charge on any atom is 0.261 e. The summed E-state index contributed by atoms with van der Waals surface area (Å²) in [6.07, 6.45) is 0. The van der Waals surface area contributed by atoms with E-state index >= 15 is 0 Å². The summed E-state index contributed by atoms with van der Waals surface area (Å²) in [5.74, 6) is -0.423. The number of imide groups is 1. The summed E-state index contributed by atoms with van der Waals surface area (Å²) in [4.78, 5) is 24.9. The lowest BCUT2D eigenvalue weighted by Gasteiger charge is -2.15. The zero-order valence-electron chi connectivity index (χ0n) is 8.30. The molecule has 0 aliphatic carbocycles. The number of carbonyl (C=O) groups excluding carboxylic acids is 2. The highest BCUT2D eigenvalue weighted by molar-refractivity contribution is 7.80. The normalized spacial score (nSPS) is 16.8. The molecule has 0 saturated carbocycles. The summed E-state index contributed by atoms with van der Waals surface area (Å²) in [7, 11) is 0. The van der Waals surface area contributed by atoms with E-state index in [0.717, 1.165) is 0 Å². The molecule has 0 N–H and O–H groups in total. The lowest BCUT2D eigenvalue weighted by molar-refractivity contribution is 0.0656. The fourth-order valence-corrected chi connectivity index (χ4v) is 1.83. The van der Waals surface area contributed by atoms with Crippen LogP contribution in [0.2, 0.25) is 0 Å². The van der Waals surface area contributed by atoms with Crippen molar-refractivity contribution < 1.29 is 9.59 Å². The topological polar surface area (TPSA) is 37.4 Å². The highest BCUT2D eigenvalue weighted by atomic mass is 32.1. The average Bonchev–Trinajstić information content (AvgIpc) is 2.44. The first-order chi connectivity index (χ1) is 7.11. The summed E-state index contributed by atoms with van der Waals surface area (Å²) < 4.78 is 0. The van der Waals surface area contributed by atoms with Gasteiger partial charge >= 0.3 is 0 Å². The molecule has 0 fully saturated rings. The van der Waals surface area contributed by atoms with E-state index < -0.39 is 0 Å². The highest BCUT2D eigenvalue weighted by Crippen LogP contribution is 2.22. The van der Waals surface area contributed by atoms with Crippen LogP contribution in [-0.4, -0.2) is 28.5 Å². The van der Waals surface area contributed by atoms with Crippen LogP contribution in [0.15, 0.2) is 24.3 Å². The van der Waals surface area contributed by atoms with Crippen LogP contribution in [0.1, 0.15) is 27.6 Å². The van der Waals surface area contributed by atoms with Gasteiger partial charge in [-0.15, -0.1) is 0 Å². The molecule has 2 rings (SSSR count). The Morgan fingerprint density at radius 3 is 2.07 bits per heavy atom. The zero-order chi connectivity index (χ0) is 11.0.